The molecule has 120 valence electrons. The first kappa shape index (κ1) is 15.6. The third-order valence-electron chi connectivity index (χ3n) is 5.73. The highest BCUT2D eigenvalue weighted by molar-refractivity contribution is 5.68. The summed E-state index contributed by atoms with van der Waals surface area (Å²) in [7, 11) is 0. The maximum Gasteiger partial charge on any atom is 0.303 e. The largest absolute Gasteiger partial charge is 0.481 e. The van der Waals surface area contributed by atoms with Crippen LogP contribution in [0.4, 0.5) is 0 Å². The van der Waals surface area contributed by atoms with Gasteiger partial charge in [0.2, 0.25) is 0 Å². The van der Waals surface area contributed by atoms with Crippen molar-refractivity contribution < 1.29 is 9.90 Å². The van der Waals surface area contributed by atoms with Crippen LogP contribution in [0.3, 0.4) is 0 Å². The van der Waals surface area contributed by atoms with Crippen LogP contribution in [-0.2, 0) is 4.79 Å². The average molecular weight is 300 g/mol. The Kier molecular flexibility index (Phi) is 4.29. The summed E-state index contributed by atoms with van der Waals surface area (Å²) in [5, 5.41) is 9.20. The summed E-state index contributed by atoms with van der Waals surface area (Å²) in [6.07, 6.45) is 7.80. The standard InChI is InChI=1S/C20H28O2/c1-20(2)10-8-14(9-11-20)16-4-3-5-17(12-16)18(13-19(21)22)15-6-7-15/h3-5,12,14-15,18H,6-11,13H2,1-2H3,(H,21,22). The molecule has 0 radical (unpaired) electrons. The Bertz CT molecular complexity index is 532. The molecule has 2 fully saturated rings. The highest BCUT2D eigenvalue weighted by Crippen LogP contribution is 2.46. The number of carboxylic acid groups (broad SMARTS) is 1. The third kappa shape index (κ3) is 3.71. The van der Waals surface area contributed by atoms with E-state index in [2.05, 4.69) is 38.1 Å². The van der Waals surface area contributed by atoms with E-state index >= 15 is 0 Å². The fraction of sp³-hybridized carbons (Fsp3) is 0.650. The summed E-state index contributed by atoms with van der Waals surface area (Å²) in [6, 6.07) is 8.84. The van der Waals surface area contributed by atoms with Crippen molar-refractivity contribution in [3.05, 3.63) is 35.4 Å². The highest BCUT2D eigenvalue weighted by atomic mass is 16.4. The van der Waals surface area contributed by atoms with Crippen molar-refractivity contribution in [2.75, 3.05) is 0 Å². The summed E-state index contributed by atoms with van der Waals surface area (Å²) in [4.78, 5) is 11.2. The lowest BCUT2D eigenvalue weighted by Crippen LogP contribution is -2.20. The molecule has 1 atom stereocenters. The summed E-state index contributed by atoms with van der Waals surface area (Å²) < 4.78 is 0. The lowest BCUT2D eigenvalue weighted by Gasteiger charge is -2.34. The van der Waals surface area contributed by atoms with Crippen molar-refractivity contribution in [1.82, 2.24) is 0 Å². The van der Waals surface area contributed by atoms with Crippen LogP contribution in [0, 0.1) is 11.3 Å². The summed E-state index contributed by atoms with van der Waals surface area (Å²) >= 11 is 0. The van der Waals surface area contributed by atoms with E-state index < -0.39 is 5.97 Å². The van der Waals surface area contributed by atoms with Crippen LogP contribution in [-0.4, -0.2) is 11.1 Å². The van der Waals surface area contributed by atoms with E-state index in [1.54, 1.807) is 0 Å². The van der Waals surface area contributed by atoms with Gasteiger partial charge in [-0.15, -0.1) is 0 Å². The van der Waals surface area contributed by atoms with Crippen molar-refractivity contribution in [3.8, 4) is 0 Å². The van der Waals surface area contributed by atoms with Crippen LogP contribution in [0.15, 0.2) is 24.3 Å². The molecule has 3 rings (SSSR count). The van der Waals surface area contributed by atoms with E-state index in [1.165, 1.54) is 49.7 Å². The second kappa shape index (κ2) is 6.06. The topological polar surface area (TPSA) is 37.3 Å². The minimum absolute atomic E-state index is 0.220. The minimum Gasteiger partial charge on any atom is -0.481 e. The average Bonchev–Trinajstić information content (AvgIpc) is 3.29. The summed E-state index contributed by atoms with van der Waals surface area (Å²) in [5.41, 5.74) is 3.19. The van der Waals surface area contributed by atoms with Crippen LogP contribution in [0.25, 0.3) is 0 Å². The number of hydrogen-bond acceptors (Lipinski definition) is 1. The molecule has 0 bridgehead atoms. The summed E-state index contributed by atoms with van der Waals surface area (Å²) in [6.45, 7) is 4.74. The van der Waals surface area contributed by atoms with E-state index in [1.807, 2.05) is 0 Å². The Hall–Kier alpha value is -1.31. The van der Waals surface area contributed by atoms with Gasteiger partial charge in [0, 0.05) is 0 Å². The van der Waals surface area contributed by atoms with Gasteiger partial charge in [0.1, 0.15) is 0 Å². The minimum atomic E-state index is -0.665. The lowest BCUT2D eigenvalue weighted by atomic mass is 9.71. The molecule has 2 heteroatoms. The van der Waals surface area contributed by atoms with Gasteiger partial charge in [0.25, 0.3) is 0 Å². The van der Waals surface area contributed by atoms with Crippen molar-refractivity contribution in [2.24, 2.45) is 11.3 Å². The molecule has 1 aromatic rings. The molecule has 2 aliphatic rings. The molecule has 2 aliphatic carbocycles. The number of rotatable bonds is 5. The maximum atomic E-state index is 11.2. The smallest absolute Gasteiger partial charge is 0.303 e. The third-order valence-corrected chi connectivity index (χ3v) is 5.73. The van der Waals surface area contributed by atoms with Crippen molar-refractivity contribution >= 4 is 5.97 Å². The Labute approximate surface area is 133 Å². The van der Waals surface area contributed by atoms with Gasteiger partial charge in [-0.3, -0.25) is 4.79 Å². The number of hydrogen-bond donors (Lipinski definition) is 1. The second-order valence-electron chi connectivity index (χ2n) is 8.15. The van der Waals surface area contributed by atoms with E-state index in [0.29, 0.717) is 17.3 Å². The molecule has 2 saturated carbocycles. The molecule has 0 amide bonds. The monoisotopic (exact) mass is 300 g/mol. The predicted octanol–water partition coefficient (Wildman–Crippen LogP) is 5.34. The van der Waals surface area contributed by atoms with Gasteiger partial charge in [-0.2, -0.15) is 0 Å². The molecule has 0 aromatic heterocycles. The Morgan fingerprint density at radius 3 is 2.50 bits per heavy atom. The van der Waals surface area contributed by atoms with Gasteiger partial charge in [0.05, 0.1) is 6.42 Å². The zero-order valence-corrected chi connectivity index (χ0v) is 13.8. The van der Waals surface area contributed by atoms with E-state index in [4.69, 9.17) is 0 Å². The van der Waals surface area contributed by atoms with Crippen LogP contribution < -0.4 is 0 Å². The van der Waals surface area contributed by atoms with Crippen LogP contribution >= 0.6 is 0 Å². The Morgan fingerprint density at radius 1 is 1.23 bits per heavy atom. The van der Waals surface area contributed by atoms with Gasteiger partial charge in [-0.25, -0.2) is 0 Å². The lowest BCUT2D eigenvalue weighted by molar-refractivity contribution is -0.137. The van der Waals surface area contributed by atoms with Crippen LogP contribution in [0.2, 0.25) is 0 Å². The first-order valence-corrected chi connectivity index (χ1v) is 8.76. The maximum absolute atomic E-state index is 11.2. The van der Waals surface area contributed by atoms with Gasteiger partial charge in [-0.1, -0.05) is 38.1 Å². The molecule has 0 aliphatic heterocycles. The fourth-order valence-corrected chi connectivity index (χ4v) is 4.02. The number of carbonyl (C=O) groups is 1. The summed E-state index contributed by atoms with van der Waals surface area (Å²) in [5.74, 6) is 0.813. The Morgan fingerprint density at radius 2 is 1.91 bits per heavy atom. The second-order valence-corrected chi connectivity index (χ2v) is 8.15. The van der Waals surface area contributed by atoms with Crippen LogP contribution in [0.1, 0.15) is 81.8 Å². The molecule has 1 N–H and O–H groups in total. The van der Waals surface area contributed by atoms with Crippen molar-refractivity contribution in [1.29, 1.82) is 0 Å². The molecular weight excluding hydrogens is 272 g/mol. The highest BCUT2D eigenvalue weighted by Gasteiger charge is 2.34. The van der Waals surface area contributed by atoms with Crippen molar-refractivity contribution in [3.63, 3.8) is 0 Å². The molecule has 1 aromatic carbocycles. The fourth-order valence-electron chi connectivity index (χ4n) is 4.02. The van der Waals surface area contributed by atoms with E-state index in [0.717, 1.165) is 0 Å². The van der Waals surface area contributed by atoms with E-state index in [9.17, 15) is 9.90 Å². The number of carboxylic acids is 1. The molecule has 1 unspecified atom stereocenters. The molecule has 0 heterocycles. The molecule has 0 saturated heterocycles. The normalized spacial score (nSPS) is 23.2. The molecule has 2 nitrogen and oxygen atoms in total. The first-order chi connectivity index (χ1) is 10.4. The predicted molar refractivity (Wildman–Crippen MR) is 89.1 cm³/mol. The van der Waals surface area contributed by atoms with Crippen LogP contribution in [0.5, 0.6) is 0 Å². The van der Waals surface area contributed by atoms with Gasteiger partial charge in [0.15, 0.2) is 0 Å². The molecule has 22 heavy (non-hydrogen) atoms. The quantitative estimate of drug-likeness (QED) is 0.797. The zero-order valence-electron chi connectivity index (χ0n) is 13.8. The first-order valence-electron chi connectivity index (χ1n) is 8.76. The van der Waals surface area contributed by atoms with E-state index in [-0.39, 0.29) is 12.3 Å². The van der Waals surface area contributed by atoms with Gasteiger partial charge >= 0.3 is 5.97 Å². The number of benzene rings is 1. The van der Waals surface area contributed by atoms with Gasteiger partial charge in [-0.05, 0) is 72.8 Å². The molecule has 0 spiro atoms. The SMILES string of the molecule is CC1(C)CCC(c2cccc(C(CC(=O)O)C3CC3)c2)CC1. The molecular formula is C20H28O2. The Balaban J connectivity index is 1.75. The van der Waals surface area contributed by atoms with Crippen molar-refractivity contribution in [2.45, 2.75) is 70.6 Å². The number of aliphatic carboxylic acids is 1. The van der Waals surface area contributed by atoms with Gasteiger partial charge < -0.3 is 5.11 Å². The zero-order chi connectivity index (χ0) is 15.7.